The average molecular weight is 644 g/mol. The van der Waals surface area contributed by atoms with Crippen molar-refractivity contribution in [3.63, 3.8) is 0 Å². The second-order valence-electron chi connectivity index (χ2n) is 13.7. The van der Waals surface area contributed by atoms with Gasteiger partial charge in [0, 0.05) is 47.7 Å². The molecule has 3 saturated heterocycles. The summed E-state index contributed by atoms with van der Waals surface area (Å²) in [6, 6.07) is 11.9. The van der Waals surface area contributed by atoms with Crippen molar-refractivity contribution in [2.75, 3.05) is 38.3 Å². The third-order valence-electron chi connectivity index (χ3n) is 11.1. The molecule has 10 heteroatoms. The van der Waals surface area contributed by atoms with Crippen molar-refractivity contribution in [3.8, 4) is 17.3 Å². The molecule has 2 unspecified atom stereocenters. The lowest BCUT2D eigenvalue weighted by molar-refractivity contribution is -0.141. The van der Waals surface area contributed by atoms with E-state index in [2.05, 4.69) is 14.8 Å². The molecule has 0 radical (unpaired) electrons. The molecule has 240 valence electrons. The van der Waals surface area contributed by atoms with Crippen LogP contribution in [-0.2, 0) is 9.53 Å². The molecule has 4 aliphatic rings. The Morgan fingerprint density at radius 2 is 1.89 bits per heavy atom. The largest absolute Gasteiger partial charge is 0.469 e. The summed E-state index contributed by atoms with van der Waals surface area (Å²) < 4.78 is 28.2. The first-order valence-corrected chi connectivity index (χ1v) is 17.1. The fourth-order valence-corrected chi connectivity index (χ4v) is 9.17. The number of methoxy groups -OCH3 is 1. The third kappa shape index (κ3) is 5.16. The molecule has 46 heavy (non-hydrogen) atoms. The Labute approximate surface area is 273 Å². The molecule has 8 rings (SSSR count). The summed E-state index contributed by atoms with van der Waals surface area (Å²) in [5.41, 5.74) is 0.927. The van der Waals surface area contributed by atoms with Crippen LogP contribution in [0.5, 0.6) is 6.01 Å². The number of halogens is 2. The number of fused-ring (bicyclic) bond motifs is 5. The van der Waals surface area contributed by atoms with E-state index in [1.54, 1.807) is 6.20 Å². The van der Waals surface area contributed by atoms with E-state index in [-0.39, 0.29) is 28.7 Å². The zero-order valence-electron chi connectivity index (χ0n) is 26.2. The number of hydrogen-bond acceptors (Lipinski definition) is 8. The molecular weight excluding hydrogens is 605 g/mol. The normalized spacial score (nSPS) is 25.8. The molecule has 1 saturated carbocycles. The van der Waals surface area contributed by atoms with Gasteiger partial charge in [-0.25, -0.2) is 4.39 Å². The average Bonchev–Trinajstić information content (AvgIpc) is 3.75. The van der Waals surface area contributed by atoms with Gasteiger partial charge < -0.3 is 14.4 Å². The van der Waals surface area contributed by atoms with Crippen molar-refractivity contribution in [2.45, 2.75) is 69.4 Å². The van der Waals surface area contributed by atoms with Gasteiger partial charge in [-0.15, -0.1) is 0 Å². The molecule has 2 bridgehead atoms. The van der Waals surface area contributed by atoms with E-state index in [0.29, 0.717) is 52.7 Å². The Hall–Kier alpha value is -3.56. The lowest BCUT2D eigenvalue weighted by Crippen LogP contribution is -2.46. The minimum atomic E-state index is -0.497. The Morgan fingerprint density at radius 1 is 1.09 bits per heavy atom. The smallest absolute Gasteiger partial charge is 0.319 e. The third-order valence-corrected chi connectivity index (χ3v) is 11.4. The van der Waals surface area contributed by atoms with Crippen molar-refractivity contribution < 1.29 is 18.7 Å². The zero-order valence-corrected chi connectivity index (χ0v) is 26.9. The summed E-state index contributed by atoms with van der Waals surface area (Å²) in [6.07, 6.45) is 10.7. The monoisotopic (exact) mass is 643 g/mol. The summed E-state index contributed by atoms with van der Waals surface area (Å²) in [4.78, 5) is 31.1. The number of carbonyl (C=O) groups is 1. The lowest BCUT2D eigenvalue weighted by Gasteiger charge is -2.35. The van der Waals surface area contributed by atoms with Crippen molar-refractivity contribution in [2.24, 2.45) is 11.8 Å². The predicted molar refractivity (Wildman–Crippen MR) is 177 cm³/mol. The molecule has 0 amide bonds. The van der Waals surface area contributed by atoms with Gasteiger partial charge in [-0.2, -0.15) is 9.97 Å². The van der Waals surface area contributed by atoms with E-state index in [1.165, 1.54) is 26.4 Å². The molecule has 2 aromatic heterocycles. The molecule has 0 spiro atoms. The molecule has 2 aromatic carbocycles. The topological polar surface area (TPSA) is 80.7 Å². The van der Waals surface area contributed by atoms with E-state index in [0.717, 1.165) is 62.5 Å². The Bertz CT molecular complexity index is 1800. The van der Waals surface area contributed by atoms with E-state index >= 15 is 4.39 Å². The van der Waals surface area contributed by atoms with Gasteiger partial charge >= 0.3 is 12.0 Å². The number of pyridine rings is 1. The van der Waals surface area contributed by atoms with Crippen LogP contribution >= 0.6 is 11.6 Å². The highest BCUT2D eigenvalue weighted by Gasteiger charge is 2.49. The number of aromatic nitrogens is 3. The maximum absolute atomic E-state index is 16.8. The number of piperidine rings is 1. The van der Waals surface area contributed by atoms with Gasteiger partial charge in [0.15, 0.2) is 5.82 Å². The summed E-state index contributed by atoms with van der Waals surface area (Å²) in [6.45, 7) is 3.19. The van der Waals surface area contributed by atoms with Crippen LogP contribution in [0.4, 0.5) is 10.2 Å². The second-order valence-corrected chi connectivity index (χ2v) is 14.1. The molecular formula is C36H39ClFN5O3. The van der Waals surface area contributed by atoms with Gasteiger partial charge in [-0.1, -0.05) is 41.9 Å². The van der Waals surface area contributed by atoms with Gasteiger partial charge in [0.05, 0.1) is 18.0 Å². The fraction of sp³-hybridized carbons (Fsp3) is 0.500. The number of carbonyl (C=O) groups excluding carboxylic acids is 1. The summed E-state index contributed by atoms with van der Waals surface area (Å²) in [7, 11) is 1.44. The molecule has 4 aromatic rings. The molecule has 3 aliphatic heterocycles. The van der Waals surface area contributed by atoms with E-state index in [4.69, 9.17) is 31.0 Å². The van der Waals surface area contributed by atoms with E-state index in [1.807, 2.05) is 36.4 Å². The first-order valence-electron chi connectivity index (χ1n) is 16.7. The Morgan fingerprint density at radius 3 is 2.70 bits per heavy atom. The second kappa shape index (κ2) is 11.9. The summed E-state index contributed by atoms with van der Waals surface area (Å²) >= 11 is 6.64. The molecule has 8 nitrogen and oxygen atoms in total. The Balaban J connectivity index is 1.17. The first kappa shape index (κ1) is 29.8. The van der Waals surface area contributed by atoms with Crippen LogP contribution in [0.3, 0.4) is 0 Å². The van der Waals surface area contributed by atoms with Gasteiger partial charge in [0.1, 0.15) is 23.6 Å². The maximum atomic E-state index is 16.8. The van der Waals surface area contributed by atoms with Crippen LogP contribution in [0.2, 0.25) is 5.02 Å². The number of ether oxygens (including phenoxy) is 2. The molecule has 4 atom stereocenters. The molecule has 5 heterocycles. The van der Waals surface area contributed by atoms with Crippen LogP contribution in [0.1, 0.15) is 57.8 Å². The minimum Gasteiger partial charge on any atom is -0.469 e. The number of benzene rings is 2. The van der Waals surface area contributed by atoms with Crippen molar-refractivity contribution >= 4 is 45.1 Å². The van der Waals surface area contributed by atoms with Gasteiger partial charge in [-0.3, -0.25) is 14.7 Å². The van der Waals surface area contributed by atoms with E-state index < -0.39 is 5.82 Å². The summed E-state index contributed by atoms with van der Waals surface area (Å²) in [5, 5.41) is 2.83. The fourth-order valence-electron chi connectivity index (χ4n) is 8.89. The van der Waals surface area contributed by atoms with Gasteiger partial charge in [0.25, 0.3) is 0 Å². The molecule has 0 N–H and O–H groups in total. The number of hydrogen-bond donors (Lipinski definition) is 0. The number of esters is 1. The highest BCUT2D eigenvalue weighted by molar-refractivity contribution is 6.36. The van der Waals surface area contributed by atoms with Crippen molar-refractivity contribution in [3.05, 3.63) is 53.4 Å². The Kier molecular flexibility index (Phi) is 7.72. The SMILES string of the molecule is COC(=O)CC[C@H]1CC[C@@]2(COc3nc(N4CC5CCC(C5)C4)c4cnc(-c5cccc6cccc(Cl)c56)c(F)c4n3)CCCN12. The lowest BCUT2D eigenvalue weighted by atomic mass is 9.95. The maximum Gasteiger partial charge on any atom is 0.319 e. The van der Waals surface area contributed by atoms with Crippen LogP contribution in [0, 0.1) is 17.7 Å². The van der Waals surface area contributed by atoms with Gasteiger partial charge in [-0.05, 0) is 81.2 Å². The van der Waals surface area contributed by atoms with Crippen LogP contribution in [0.25, 0.3) is 32.9 Å². The van der Waals surface area contributed by atoms with Crippen LogP contribution in [-0.4, -0.2) is 70.8 Å². The highest BCUT2D eigenvalue weighted by Crippen LogP contribution is 2.45. The predicted octanol–water partition coefficient (Wildman–Crippen LogP) is 7.20. The van der Waals surface area contributed by atoms with Crippen molar-refractivity contribution in [1.29, 1.82) is 0 Å². The highest BCUT2D eigenvalue weighted by atomic mass is 35.5. The van der Waals surface area contributed by atoms with E-state index in [9.17, 15) is 4.79 Å². The van der Waals surface area contributed by atoms with Crippen LogP contribution < -0.4 is 9.64 Å². The molecule has 4 fully saturated rings. The first-order chi connectivity index (χ1) is 22.4. The summed E-state index contributed by atoms with van der Waals surface area (Å²) in [5.74, 6) is 1.28. The molecule has 1 aliphatic carbocycles. The van der Waals surface area contributed by atoms with Gasteiger partial charge in [0.2, 0.25) is 0 Å². The van der Waals surface area contributed by atoms with Crippen molar-refractivity contribution in [1.82, 2.24) is 19.9 Å². The standard InChI is InChI=1S/C36H39ClFN5O3/c1-45-29(44)12-11-25-13-15-36(14-4-16-43(25)36)21-46-35-40-33-27(34(41-35)42-19-22-9-10-23(17-22)20-42)18-39-32(31(33)38)26-7-2-5-24-6-3-8-28(37)30(24)26/h2-3,5-8,18,22-23,25H,4,9-17,19-21H2,1H3/t22?,23?,25-,36+/m0/s1. The quantitative estimate of drug-likeness (QED) is 0.187. The number of rotatable bonds is 8. The zero-order chi connectivity index (χ0) is 31.4. The number of nitrogens with zero attached hydrogens (tertiary/aromatic N) is 5. The number of anilines is 1. The van der Waals surface area contributed by atoms with Crippen LogP contribution in [0.15, 0.2) is 42.6 Å². The minimum absolute atomic E-state index is 0.134.